The van der Waals surface area contributed by atoms with Crippen LogP contribution in [0.5, 0.6) is 0 Å². The third-order valence-corrected chi connectivity index (χ3v) is 5.59. The fourth-order valence-corrected chi connectivity index (χ4v) is 3.79. The van der Waals surface area contributed by atoms with Crippen LogP contribution in [0.1, 0.15) is 44.1 Å². The third-order valence-electron chi connectivity index (χ3n) is 5.59. The van der Waals surface area contributed by atoms with Gasteiger partial charge in [-0.05, 0) is 32.8 Å². The number of hydrogen-bond donors (Lipinski definition) is 0. The van der Waals surface area contributed by atoms with Crippen molar-refractivity contribution < 1.29 is 0 Å². The highest BCUT2D eigenvalue weighted by molar-refractivity contribution is 5.10. The fraction of sp³-hybridized carbons (Fsp3) is 0.778. The Labute approximate surface area is 139 Å². The van der Waals surface area contributed by atoms with Crippen molar-refractivity contribution in [1.29, 1.82) is 0 Å². The molecule has 0 radical (unpaired) electrons. The molecule has 0 aromatic carbocycles. The summed E-state index contributed by atoms with van der Waals surface area (Å²) < 4.78 is 0. The minimum atomic E-state index is 0.649. The lowest BCUT2D eigenvalue weighted by molar-refractivity contribution is -0.00464. The zero-order valence-corrected chi connectivity index (χ0v) is 14.5. The Morgan fingerprint density at radius 1 is 1.13 bits per heavy atom. The topological polar surface area (TPSA) is 35.5 Å². The highest BCUT2D eigenvalue weighted by atomic mass is 15.4. The van der Waals surface area contributed by atoms with Gasteiger partial charge in [-0.25, -0.2) is 9.97 Å². The SMILES string of the molecule is CC(C)N1CCN(C2CN(Cc3ccnc(C4CC4)n3)C2)CC1. The van der Waals surface area contributed by atoms with Gasteiger partial charge in [0.2, 0.25) is 0 Å². The lowest BCUT2D eigenvalue weighted by Gasteiger charge is -2.48. The third kappa shape index (κ3) is 3.57. The van der Waals surface area contributed by atoms with Gasteiger partial charge in [0, 0.05) is 70.0 Å². The molecule has 0 bridgehead atoms. The van der Waals surface area contributed by atoms with Crippen molar-refractivity contribution in [3.63, 3.8) is 0 Å². The maximum Gasteiger partial charge on any atom is 0.131 e. The van der Waals surface area contributed by atoms with Crippen LogP contribution >= 0.6 is 0 Å². The van der Waals surface area contributed by atoms with Crippen LogP contribution in [-0.4, -0.2) is 76.0 Å². The molecule has 5 heteroatoms. The van der Waals surface area contributed by atoms with Crippen LogP contribution in [0.3, 0.4) is 0 Å². The van der Waals surface area contributed by atoms with E-state index in [0.29, 0.717) is 12.0 Å². The minimum Gasteiger partial charge on any atom is -0.298 e. The Morgan fingerprint density at radius 2 is 1.87 bits per heavy atom. The molecule has 3 fully saturated rings. The zero-order valence-electron chi connectivity index (χ0n) is 14.5. The molecule has 4 rings (SSSR count). The number of piperazine rings is 1. The van der Waals surface area contributed by atoms with Gasteiger partial charge in [-0.2, -0.15) is 0 Å². The molecule has 1 saturated carbocycles. The molecule has 1 aliphatic carbocycles. The van der Waals surface area contributed by atoms with E-state index in [1.165, 1.54) is 57.8 Å². The average Bonchev–Trinajstić information content (AvgIpc) is 3.36. The first-order valence-electron chi connectivity index (χ1n) is 9.21. The van der Waals surface area contributed by atoms with Gasteiger partial charge in [0.25, 0.3) is 0 Å². The molecule has 5 nitrogen and oxygen atoms in total. The second kappa shape index (κ2) is 6.46. The largest absolute Gasteiger partial charge is 0.298 e. The van der Waals surface area contributed by atoms with Gasteiger partial charge < -0.3 is 0 Å². The van der Waals surface area contributed by atoms with Gasteiger partial charge >= 0.3 is 0 Å². The summed E-state index contributed by atoms with van der Waals surface area (Å²) in [6.45, 7) is 12.9. The Bertz CT molecular complexity index is 528. The monoisotopic (exact) mass is 315 g/mol. The first kappa shape index (κ1) is 15.5. The molecule has 2 aliphatic heterocycles. The standard InChI is InChI=1S/C18H29N5/c1-14(2)22-7-9-23(10-8-22)17-12-21(13-17)11-16-5-6-19-18(20-16)15-3-4-15/h5-6,14-15,17H,3-4,7-13H2,1-2H3. The lowest BCUT2D eigenvalue weighted by Crippen LogP contribution is -2.63. The van der Waals surface area contributed by atoms with Gasteiger partial charge in [0.1, 0.15) is 5.82 Å². The average molecular weight is 315 g/mol. The predicted molar refractivity (Wildman–Crippen MR) is 91.4 cm³/mol. The zero-order chi connectivity index (χ0) is 15.8. The van der Waals surface area contributed by atoms with Crippen molar-refractivity contribution in [2.24, 2.45) is 0 Å². The van der Waals surface area contributed by atoms with E-state index in [1.807, 2.05) is 6.20 Å². The number of hydrogen-bond acceptors (Lipinski definition) is 5. The molecular weight excluding hydrogens is 286 g/mol. The molecule has 1 aromatic heterocycles. The predicted octanol–water partition coefficient (Wildman–Crippen LogP) is 1.56. The molecule has 0 spiro atoms. The molecule has 0 amide bonds. The van der Waals surface area contributed by atoms with Gasteiger partial charge in [-0.3, -0.25) is 14.7 Å². The van der Waals surface area contributed by atoms with E-state index in [2.05, 4.69) is 39.6 Å². The van der Waals surface area contributed by atoms with Crippen molar-refractivity contribution >= 4 is 0 Å². The van der Waals surface area contributed by atoms with E-state index in [0.717, 1.165) is 18.4 Å². The molecule has 23 heavy (non-hydrogen) atoms. The summed E-state index contributed by atoms with van der Waals surface area (Å²) >= 11 is 0. The van der Waals surface area contributed by atoms with E-state index in [-0.39, 0.29) is 0 Å². The summed E-state index contributed by atoms with van der Waals surface area (Å²) in [6.07, 6.45) is 4.49. The van der Waals surface area contributed by atoms with E-state index < -0.39 is 0 Å². The van der Waals surface area contributed by atoms with Crippen molar-refractivity contribution in [3.8, 4) is 0 Å². The molecule has 126 valence electrons. The smallest absolute Gasteiger partial charge is 0.131 e. The first-order valence-corrected chi connectivity index (χ1v) is 9.21. The normalized spacial score (nSPS) is 25.0. The number of nitrogens with zero attached hydrogens (tertiary/aromatic N) is 5. The maximum absolute atomic E-state index is 4.75. The fourth-order valence-electron chi connectivity index (χ4n) is 3.79. The summed E-state index contributed by atoms with van der Waals surface area (Å²) in [6, 6.07) is 3.53. The summed E-state index contributed by atoms with van der Waals surface area (Å²) in [5.74, 6) is 1.72. The molecule has 0 unspecified atom stereocenters. The second-order valence-electron chi connectivity index (χ2n) is 7.69. The highest BCUT2D eigenvalue weighted by Crippen LogP contribution is 2.37. The van der Waals surface area contributed by atoms with Gasteiger partial charge in [0.05, 0.1) is 5.69 Å². The van der Waals surface area contributed by atoms with Crippen LogP contribution in [0.2, 0.25) is 0 Å². The minimum absolute atomic E-state index is 0.649. The highest BCUT2D eigenvalue weighted by Gasteiger charge is 2.34. The summed E-state index contributed by atoms with van der Waals surface area (Å²) in [5.41, 5.74) is 1.20. The van der Waals surface area contributed by atoms with Crippen LogP contribution in [0.25, 0.3) is 0 Å². The Balaban J connectivity index is 1.23. The molecular formula is C18H29N5. The van der Waals surface area contributed by atoms with E-state index in [9.17, 15) is 0 Å². The number of likely N-dealkylation sites (tertiary alicyclic amines) is 1. The molecule has 0 N–H and O–H groups in total. The lowest BCUT2D eigenvalue weighted by atomic mass is 10.1. The van der Waals surface area contributed by atoms with Crippen LogP contribution < -0.4 is 0 Å². The number of aromatic nitrogens is 2. The van der Waals surface area contributed by atoms with E-state index >= 15 is 0 Å². The molecule has 0 atom stereocenters. The van der Waals surface area contributed by atoms with Crippen LogP contribution in [0.4, 0.5) is 0 Å². The summed E-state index contributed by atoms with van der Waals surface area (Å²) in [7, 11) is 0. The van der Waals surface area contributed by atoms with Crippen molar-refractivity contribution in [2.45, 2.75) is 51.2 Å². The Kier molecular flexibility index (Phi) is 4.35. The Hall–Kier alpha value is -1.04. The van der Waals surface area contributed by atoms with E-state index in [1.54, 1.807) is 0 Å². The summed E-state index contributed by atoms with van der Waals surface area (Å²) in [5, 5.41) is 0. The molecule has 3 aliphatic rings. The molecule has 1 aromatic rings. The van der Waals surface area contributed by atoms with Crippen LogP contribution in [0, 0.1) is 0 Å². The molecule has 2 saturated heterocycles. The quantitative estimate of drug-likeness (QED) is 0.824. The maximum atomic E-state index is 4.75. The first-order chi connectivity index (χ1) is 11.2. The van der Waals surface area contributed by atoms with Crippen LogP contribution in [-0.2, 0) is 6.54 Å². The summed E-state index contributed by atoms with van der Waals surface area (Å²) in [4.78, 5) is 17.0. The van der Waals surface area contributed by atoms with Crippen LogP contribution in [0.15, 0.2) is 12.3 Å². The van der Waals surface area contributed by atoms with Crippen molar-refractivity contribution in [3.05, 3.63) is 23.8 Å². The van der Waals surface area contributed by atoms with Crippen molar-refractivity contribution in [1.82, 2.24) is 24.7 Å². The molecule has 3 heterocycles. The second-order valence-corrected chi connectivity index (χ2v) is 7.69. The van der Waals surface area contributed by atoms with Crippen molar-refractivity contribution in [2.75, 3.05) is 39.3 Å². The number of rotatable bonds is 5. The van der Waals surface area contributed by atoms with Gasteiger partial charge in [-0.15, -0.1) is 0 Å². The Morgan fingerprint density at radius 3 is 2.52 bits per heavy atom. The van der Waals surface area contributed by atoms with E-state index in [4.69, 9.17) is 4.98 Å². The van der Waals surface area contributed by atoms with Gasteiger partial charge in [0.15, 0.2) is 0 Å². The van der Waals surface area contributed by atoms with Gasteiger partial charge in [-0.1, -0.05) is 0 Å².